The summed E-state index contributed by atoms with van der Waals surface area (Å²) in [6.45, 7) is 5.92. The fourth-order valence-corrected chi connectivity index (χ4v) is 2.24. The number of aromatic amines is 2. The van der Waals surface area contributed by atoms with Crippen molar-refractivity contribution in [1.82, 2.24) is 25.5 Å². The van der Waals surface area contributed by atoms with Gasteiger partial charge in [0.25, 0.3) is 0 Å². The van der Waals surface area contributed by atoms with Gasteiger partial charge in [-0.2, -0.15) is 5.10 Å². The fraction of sp³-hybridized carbons (Fsp3) is 0.455. The molecule has 84 valence electrons. The molecule has 3 N–H and O–H groups in total. The maximum absolute atomic E-state index is 4.66. The average Bonchev–Trinajstić information content (AvgIpc) is 2.82. The highest BCUT2D eigenvalue weighted by molar-refractivity contribution is 5.61. The number of nitrogens with one attached hydrogen (secondary N) is 3. The van der Waals surface area contributed by atoms with Crippen molar-refractivity contribution in [3.8, 4) is 11.4 Å². The van der Waals surface area contributed by atoms with Crippen LogP contribution in [0, 0.1) is 13.8 Å². The molecule has 0 fully saturated rings. The number of aryl methyl sites for hydroxylation is 2. The van der Waals surface area contributed by atoms with Crippen LogP contribution in [0.15, 0.2) is 0 Å². The molecule has 0 atom stereocenters. The molecule has 0 saturated heterocycles. The molecule has 0 bridgehead atoms. The summed E-state index contributed by atoms with van der Waals surface area (Å²) < 4.78 is 0. The van der Waals surface area contributed by atoms with Crippen LogP contribution < -0.4 is 5.32 Å². The molecule has 16 heavy (non-hydrogen) atoms. The lowest BCUT2D eigenvalue weighted by Crippen LogP contribution is -2.23. The number of rotatable bonds is 1. The number of hydrogen-bond donors (Lipinski definition) is 3. The lowest BCUT2D eigenvalue weighted by atomic mass is 10.2. The third-order valence-electron chi connectivity index (χ3n) is 3.07. The molecule has 5 nitrogen and oxygen atoms in total. The highest BCUT2D eigenvalue weighted by atomic mass is 15.1. The number of aromatic nitrogens is 4. The molecule has 1 aliphatic heterocycles. The third kappa shape index (κ3) is 1.36. The second kappa shape index (κ2) is 3.45. The summed E-state index contributed by atoms with van der Waals surface area (Å²) in [5, 5.41) is 10.5. The van der Waals surface area contributed by atoms with E-state index in [2.05, 4.69) is 25.5 Å². The first-order valence-electron chi connectivity index (χ1n) is 5.56. The lowest BCUT2D eigenvalue weighted by molar-refractivity contribution is 0.627. The van der Waals surface area contributed by atoms with E-state index in [0.717, 1.165) is 42.3 Å². The van der Waals surface area contributed by atoms with E-state index in [0.29, 0.717) is 0 Å². The van der Waals surface area contributed by atoms with Gasteiger partial charge >= 0.3 is 0 Å². The molecular weight excluding hydrogens is 202 g/mol. The minimum atomic E-state index is 0.887. The molecule has 0 aromatic carbocycles. The predicted octanol–water partition coefficient (Wildman–Crippen LogP) is 1.06. The maximum atomic E-state index is 4.66. The van der Waals surface area contributed by atoms with Gasteiger partial charge < -0.3 is 10.3 Å². The van der Waals surface area contributed by atoms with Gasteiger partial charge in [0, 0.05) is 25.2 Å². The summed E-state index contributed by atoms with van der Waals surface area (Å²) in [5.41, 5.74) is 5.57. The Bertz CT molecular complexity index is 479. The van der Waals surface area contributed by atoms with E-state index in [1.165, 1.54) is 11.4 Å². The van der Waals surface area contributed by atoms with Gasteiger partial charge in [0.1, 0.15) is 5.82 Å². The van der Waals surface area contributed by atoms with Gasteiger partial charge in [-0.25, -0.2) is 4.98 Å². The topological polar surface area (TPSA) is 69.4 Å². The van der Waals surface area contributed by atoms with E-state index >= 15 is 0 Å². The first-order valence-corrected chi connectivity index (χ1v) is 5.56. The van der Waals surface area contributed by atoms with Crippen LogP contribution in [-0.2, 0) is 13.0 Å². The van der Waals surface area contributed by atoms with E-state index < -0.39 is 0 Å². The molecule has 1 aliphatic rings. The van der Waals surface area contributed by atoms with Crippen LogP contribution in [-0.4, -0.2) is 26.7 Å². The Labute approximate surface area is 93.7 Å². The Morgan fingerprint density at radius 3 is 2.81 bits per heavy atom. The predicted molar refractivity (Wildman–Crippen MR) is 61.1 cm³/mol. The zero-order valence-corrected chi connectivity index (χ0v) is 9.52. The van der Waals surface area contributed by atoms with Crippen LogP contribution in [0.2, 0.25) is 0 Å². The zero-order valence-electron chi connectivity index (χ0n) is 9.52. The monoisotopic (exact) mass is 217 g/mol. The first-order chi connectivity index (χ1) is 7.75. The van der Waals surface area contributed by atoms with Gasteiger partial charge in [0.2, 0.25) is 0 Å². The van der Waals surface area contributed by atoms with Crippen molar-refractivity contribution in [3.63, 3.8) is 0 Å². The molecule has 3 heterocycles. The standard InChI is InChI=1S/C11H15N5/c1-6-10(7(2)16-15-6)11-13-8-3-4-12-5-9(8)14-11/h12H,3-5H2,1-2H3,(H,13,14)(H,15,16). The summed E-state index contributed by atoms with van der Waals surface area (Å²) >= 11 is 0. The normalized spacial score (nSPS) is 15.1. The molecule has 0 spiro atoms. The van der Waals surface area contributed by atoms with Gasteiger partial charge in [0.15, 0.2) is 0 Å². The summed E-state index contributed by atoms with van der Waals surface area (Å²) in [4.78, 5) is 8.04. The van der Waals surface area contributed by atoms with E-state index in [1.807, 2.05) is 13.8 Å². The Morgan fingerprint density at radius 2 is 2.12 bits per heavy atom. The molecule has 0 saturated carbocycles. The fourth-order valence-electron chi connectivity index (χ4n) is 2.24. The molecule has 0 amide bonds. The van der Waals surface area contributed by atoms with Crippen molar-refractivity contribution in [2.45, 2.75) is 26.8 Å². The van der Waals surface area contributed by atoms with Crippen molar-refractivity contribution < 1.29 is 0 Å². The molecule has 2 aromatic heterocycles. The van der Waals surface area contributed by atoms with E-state index in [1.54, 1.807) is 0 Å². The highest BCUT2D eigenvalue weighted by Crippen LogP contribution is 2.24. The quantitative estimate of drug-likeness (QED) is 0.669. The van der Waals surface area contributed by atoms with Gasteiger partial charge in [-0.05, 0) is 13.8 Å². The molecule has 0 radical (unpaired) electrons. The number of H-pyrrole nitrogens is 2. The number of nitrogens with zero attached hydrogens (tertiary/aromatic N) is 2. The average molecular weight is 217 g/mol. The smallest absolute Gasteiger partial charge is 0.141 e. The van der Waals surface area contributed by atoms with Crippen LogP contribution in [0.3, 0.4) is 0 Å². The minimum absolute atomic E-state index is 0.887. The number of imidazole rings is 1. The summed E-state index contributed by atoms with van der Waals surface area (Å²) in [5.74, 6) is 0.942. The molecule has 0 aliphatic carbocycles. The number of fused-ring (bicyclic) bond motifs is 1. The van der Waals surface area contributed by atoms with Crippen molar-refractivity contribution >= 4 is 0 Å². The van der Waals surface area contributed by atoms with Gasteiger partial charge in [-0.1, -0.05) is 0 Å². The maximum Gasteiger partial charge on any atom is 0.141 e. The van der Waals surface area contributed by atoms with Crippen LogP contribution >= 0.6 is 0 Å². The number of hydrogen-bond acceptors (Lipinski definition) is 3. The van der Waals surface area contributed by atoms with Crippen LogP contribution in [0.25, 0.3) is 11.4 Å². The summed E-state index contributed by atoms with van der Waals surface area (Å²) in [7, 11) is 0. The zero-order chi connectivity index (χ0) is 11.1. The highest BCUT2D eigenvalue weighted by Gasteiger charge is 2.18. The lowest BCUT2D eigenvalue weighted by Gasteiger charge is -2.09. The Balaban J connectivity index is 2.10. The van der Waals surface area contributed by atoms with Crippen LogP contribution in [0.5, 0.6) is 0 Å². The van der Waals surface area contributed by atoms with Crippen molar-refractivity contribution in [3.05, 3.63) is 22.8 Å². The van der Waals surface area contributed by atoms with Gasteiger partial charge in [-0.15, -0.1) is 0 Å². The third-order valence-corrected chi connectivity index (χ3v) is 3.07. The molecule has 0 unspecified atom stereocenters. The molecule has 2 aromatic rings. The Hall–Kier alpha value is -1.62. The largest absolute Gasteiger partial charge is 0.340 e. The SMILES string of the molecule is Cc1n[nH]c(C)c1-c1nc2c([nH]1)CNCC2. The first kappa shape index (κ1) is 9.59. The Morgan fingerprint density at radius 1 is 1.25 bits per heavy atom. The van der Waals surface area contributed by atoms with E-state index in [4.69, 9.17) is 0 Å². The van der Waals surface area contributed by atoms with Crippen LogP contribution in [0.4, 0.5) is 0 Å². The van der Waals surface area contributed by atoms with Crippen LogP contribution in [0.1, 0.15) is 22.8 Å². The molecule has 5 heteroatoms. The van der Waals surface area contributed by atoms with E-state index in [-0.39, 0.29) is 0 Å². The second-order valence-electron chi connectivity index (χ2n) is 4.25. The molecule has 3 rings (SSSR count). The van der Waals surface area contributed by atoms with Gasteiger partial charge in [0.05, 0.1) is 22.6 Å². The van der Waals surface area contributed by atoms with E-state index in [9.17, 15) is 0 Å². The molecular formula is C11H15N5. The Kier molecular flexibility index (Phi) is 2.07. The van der Waals surface area contributed by atoms with Crippen molar-refractivity contribution in [1.29, 1.82) is 0 Å². The second-order valence-corrected chi connectivity index (χ2v) is 4.25. The minimum Gasteiger partial charge on any atom is -0.340 e. The van der Waals surface area contributed by atoms with Crippen molar-refractivity contribution in [2.75, 3.05) is 6.54 Å². The summed E-state index contributed by atoms with van der Waals surface area (Å²) in [6.07, 6.45) is 1.00. The van der Waals surface area contributed by atoms with Gasteiger partial charge in [-0.3, -0.25) is 5.10 Å². The van der Waals surface area contributed by atoms with Crippen molar-refractivity contribution in [2.24, 2.45) is 0 Å². The summed E-state index contributed by atoms with van der Waals surface area (Å²) in [6, 6.07) is 0.